The molecular weight excluding hydrogens is 230 g/mol. The molecule has 16 heavy (non-hydrogen) atoms. The van der Waals surface area contributed by atoms with Gasteiger partial charge >= 0.3 is 5.97 Å². The van der Waals surface area contributed by atoms with Gasteiger partial charge in [-0.3, -0.25) is 4.79 Å². The number of carboxylic acid groups (broad SMARTS) is 1. The summed E-state index contributed by atoms with van der Waals surface area (Å²) in [5.74, 6) is -0.611. The second kappa shape index (κ2) is 3.94. The predicted molar refractivity (Wildman–Crippen MR) is 60.3 cm³/mol. The summed E-state index contributed by atoms with van der Waals surface area (Å²) in [6, 6.07) is 5.14. The smallest absolute Gasteiger partial charge is 0.311 e. The second-order valence-corrected chi connectivity index (χ2v) is 3.64. The summed E-state index contributed by atoms with van der Waals surface area (Å²) in [6.07, 6.45) is -0.272. The summed E-state index contributed by atoms with van der Waals surface area (Å²) in [5.41, 5.74) is 6.18. The summed E-state index contributed by atoms with van der Waals surface area (Å²) in [5, 5.41) is 9.70. The van der Waals surface area contributed by atoms with E-state index in [0.717, 1.165) is 0 Å². The van der Waals surface area contributed by atoms with Crippen molar-refractivity contribution < 1.29 is 9.90 Å². The third kappa shape index (κ3) is 1.90. The van der Waals surface area contributed by atoms with Crippen LogP contribution in [-0.4, -0.2) is 21.0 Å². The number of para-hydroxylation sites is 1. The van der Waals surface area contributed by atoms with E-state index in [4.69, 9.17) is 22.4 Å². The van der Waals surface area contributed by atoms with Crippen LogP contribution in [0.3, 0.4) is 0 Å². The van der Waals surface area contributed by atoms with E-state index in [0.29, 0.717) is 15.9 Å². The largest absolute Gasteiger partial charge is 0.481 e. The van der Waals surface area contributed by atoms with Crippen LogP contribution >= 0.6 is 11.6 Å². The molecule has 0 aliphatic carbocycles. The number of nitrogens with zero attached hydrogens (tertiary/aromatic N) is 2. The van der Waals surface area contributed by atoms with Crippen molar-refractivity contribution in [3.05, 3.63) is 29.0 Å². The lowest BCUT2D eigenvalue weighted by Crippen LogP contribution is -2.07. The molecule has 0 spiro atoms. The van der Waals surface area contributed by atoms with Crippen molar-refractivity contribution in [3.8, 4) is 0 Å². The first-order valence-corrected chi connectivity index (χ1v) is 4.88. The lowest BCUT2D eigenvalue weighted by atomic mass is 10.2. The van der Waals surface area contributed by atoms with Gasteiger partial charge in [-0.25, -0.2) is 9.97 Å². The highest BCUT2D eigenvalue weighted by Crippen LogP contribution is 2.24. The SMILES string of the molecule is Nc1nc(CC(=O)O)nc2c(Cl)cccc12. The molecule has 82 valence electrons. The molecule has 0 aliphatic heterocycles. The van der Waals surface area contributed by atoms with Gasteiger partial charge in [-0.1, -0.05) is 17.7 Å². The van der Waals surface area contributed by atoms with Crippen molar-refractivity contribution in [2.24, 2.45) is 0 Å². The highest BCUT2D eigenvalue weighted by molar-refractivity contribution is 6.35. The third-order valence-corrected chi connectivity index (χ3v) is 2.37. The monoisotopic (exact) mass is 237 g/mol. The zero-order valence-electron chi connectivity index (χ0n) is 8.14. The van der Waals surface area contributed by atoms with E-state index in [2.05, 4.69) is 9.97 Å². The van der Waals surface area contributed by atoms with Gasteiger partial charge in [0.15, 0.2) is 0 Å². The van der Waals surface area contributed by atoms with Crippen molar-refractivity contribution in [1.29, 1.82) is 0 Å². The quantitative estimate of drug-likeness (QED) is 0.826. The molecule has 0 saturated carbocycles. The molecule has 1 aromatic carbocycles. The number of aromatic nitrogens is 2. The van der Waals surface area contributed by atoms with Gasteiger partial charge in [-0.15, -0.1) is 0 Å². The van der Waals surface area contributed by atoms with Gasteiger partial charge in [0, 0.05) is 5.39 Å². The summed E-state index contributed by atoms with van der Waals surface area (Å²) in [6.45, 7) is 0. The van der Waals surface area contributed by atoms with Gasteiger partial charge in [-0.2, -0.15) is 0 Å². The van der Waals surface area contributed by atoms with E-state index in [1.54, 1.807) is 18.2 Å². The van der Waals surface area contributed by atoms with E-state index in [1.807, 2.05) is 0 Å². The Kier molecular flexibility index (Phi) is 2.62. The standard InChI is InChI=1S/C10H8ClN3O2/c11-6-3-1-2-5-9(6)13-7(4-8(15)16)14-10(5)12/h1-3H,4H2,(H,15,16)(H2,12,13,14). The van der Waals surface area contributed by atoms with Crippen LogP contribution in [0.25, 0.3) is 10.9 Å². The summed E-state index contributed by atoms with van der Waals surface area (Å²) in [7, 11) is 0. The van der Waals surface area contributed by atoms with Crippen LogP contribution in [0.1, 0.15) is 5.82 Å². The van der Waals surface area contributed by atoms with Crippen molar-refractivity contribution in [1.82, 2.24) is 9.97 Å². The van der Waals surface area contributed by atoms with E-state index < -0.39 is 5.97 Å². The minimum absolute atomic E-state index is 0.158. The maximum absolute atomic E-state index is 10.5. The van der Waals surface area contributed by atoms with Crippen LogP contribution in [0.5, 0.6) is 0 Å². The zero-order chi connectivity index (χ0) is 11.7. The lowest BCUT2D eigenvalue weighted by molar-refractivity contribution is -0.136. The molecule has 6 heteroatoms. The Balaban J connectivity index is 2.65. The molecule has 0 fully saturated rings. The molecule has 1 heterocycles. The van der Waals surface area contributed by atoms with Crippen LogP contribution in [0.2, 0.25) is 5.02 Å². The first kappa shape index (κ1) is 10.6. The molecule has 2 aromatic rings. The molecular formula is C10H8ClN3O2. The average Bonchev–Trinajstić information content (AvgIpc) is 2.19. The van der Waals surface area contributed by atoms with Crippen LogP contribution in [0, 0.1) is 0 Å². The first-order valence-electron chi connectivity index (χ1n) is 4.50. The molecule has 0 amide bonds. The van der Waals surface area contributed by atoms with Gasteiger partial charge in [0.2, 0.25) is 0 Å². The maximum atomic E-state index is 10.5. The second-order valence-electron chi connectivity index (χ2n) is 3.23. The van der Waals surface area contributed by atoms with Crippen molar-refractivity contribution in [3.63, 3.8) is 0 Å². The Morgan fingerprint density at radius 2 is 2.19 bits per heavy atom. The Hall–Kier alpha value is -1.88. The van der Waals surface area contributed by atoms with Crippen LogP contribution in [-0.2, 0) is 11.2 Å². The fourth-order valence-corrected chi connectivity index (χ4v) is 1.62. The molecule has 0 radical (unpaired) electrons. The summed E-state index contributed by atoms with van der Waals surface area (Å²) < 4.78 is 0. The molecule has 0 saturated heterocycles. The number of aliphatic carboxylic acids is 1. The van der Waals surface area contributed by atoms with Crippen molar-refractivity contribution >= 4 is 34.3 Å². The summed E-state index contributed by atoms with van der Waals surface area (Å²) >= 11 is 5.94. The molecule has 5 nitrogen and oxygen atoms in total. The minimum atomic E-state index is -1.01. The molecule has 0 unspecified atom stereocenters. The van der Waals surface area contributed by atoms with Gasteiger partial charge in [0.05, 0.1) is 10.5 Å². The Labute approximate surface area is 95.9 Å². The van der Waals surface area contributed by atoms with Crippen LogP contribution < -0.4 is 5.73 Å². The molecule has 2 rings (SSSR count). The highest BCUT2D eigenvalue weighted by Gasteiger charge is 2.10. The minimum Gasteiger partial charge on any atom is -0.481 e. The summed E-state index contributed by atoms with van der Waals surface area (Å²) in [4.78, 5) is 18.5. The fraction of sp³-hybridized carbons (Fsp3) is 0.100. The van der Waals surface area contributed by atoms with E-state index in [1.165, 1.54) is 0 Å². The Morgan fingerprint density at radius 3 is 2.88 bits per heavy atom. The number of hydrogen-bond acceptors (Lipinski definition) is 4. The Bertz CT molecular complexity index is 571. The number of carboxylic acids is 1. The normalized spacial score (nSPS) is 10.6. The number of nitrogens with two attached hydrogens (primary N) is 1. The molecule has 0 aliphatic rings. The van der Waals surface area contributed by atoms with E-state index in [9.17, 15) is 4.79 Å². The predicted octanol–water partition coefficient (Wildman–Crippen LogP) is 1.49. The number of nitrogen functional groups attached to an aromatic ring is 1. The van der Waals surface area contributed by atoms with E-state index in [-0.39, 0.29) is 18.1 Å². The number of carbonyl (C=O) groups is 1. The number of benzene rings is 1. The molecule has 0 atom stereocenters. The van der Waals surface area contributed by atoms with Crippen LogP contribution in [0.4, 0.5) is 5.82 Å². The van der Waals surface area contributed by atoms with Crippen LogP contribution in [0.15, 0.2) is 18.2 Å². The number of hydrogen-bond donors (Lipinski definition) is 2. The maximum Gasteiger partial charge on any atom is 0.311 e. The first-order chi connectivity index (χ1) is 7.58. The third-order valence-electron chi connectivity index (χ3n) is 2.06. The van der Waals surface area contributed by atoms with Gasteiger partial charge in [0.1, 0.15) is 18.1 Å². The van der Waals surface area contributed by atoms with E-state index >= 15 is 0 Å². The lowest BCUT2D eigenvalue weighted by Gasteiger charge is -2.04. The number of rotatable bonds is 2. The zero-order valence-corrected chi connectivity index (χ0v) is 8.90. The van der Waals surface area contributed by atoms with Gasteiger partial charge in [0.25, 0.3) is 0 Å². The Morgan fingerprint density at radius 1 is 1.44 bits per heavy atom. The number of fused-ring (bicyclic) bond motifs is 1. The van der Waals surface area contributed by atoms with Crippen molar-refractivity contribution in [2.75, 3.05) is 5.73 Å². The number of halogens is 1. The molecule has 3 N–H and O–H groups in total. The fourth-order valence-electron chi connectivity index (χ4n) is 1.40. The molecule has 0 bridgehead atoms. The topological polar surface area (TPSA) is 89.1 Å². The highest BCUT2D eigenvalue weighted by atomic mass is 35.5. The van der Waals surface area contributed by atoms with Gasteiger partial charge < -0.3 is 10.8 Å². The van der Waals surface area contributed by atoms with Crippen molar-refractivity contribution in [2.45, 2.75) is 6.42 Å². The number of anilines is 1. The molecule has 1 aromatic heterocycles. The van der Waals surface area contributed by atoms with Gasteiger partial charge in [-0.05, 0) is 12.1 Å². The average molecular weight is 238 g/mol.